The summed E-state index contributed by atoms with van der Waals surface area (Å²) in [5.41, 5.74) is 3.96. The molecule has 1 aromatic heterocycles. The summed E-state index contributed by atoms with van der Waals surface area (Å²) in [5.74, 6) is 0.670. The van der Waals surface area contributed by atoms with Crippen molar-refractivity contribution < 1.29 is 14.2 Å². The van der Waals surface area contributed by atoms with Gasteiger partial charge in [0, 0.05) is 28.6 Å². The summed E-state index contributed by atoms with van der Waals surface area (Å²) in [6, 6.07) is 15.8. The molecule has 0 saturated carbocycles. The molecule has 0 radical (unpaired) electrons. The lowest BCUT2D eigenvalue weighted by molar-refractivity contribution is 0.324. The molecule has 1 fully saturated rings. The number of aromatic nitrogens is 1. The van der Waals surface area contributed by atoms with Gasteiger partial charge in [0.2, 0.25) is 0 Å². The van der Waals surface area contributed by atoms with Crippen LogP contribution in [0.5, 0.6) is 11.5 Å². The Morgan fingerprint density at radius 1 is 1.00 bits per heavy atom. The van der Waals surface area contributed by atoms with Gasteiger partial charge in [0.1, 0.15) is 17.3 Å². The molecule has 5 rings (SSSR count). The van der Waals surface area contributed by atoms with Crippen LogP contribution >= 0.6 is 12.4 Å². The predicted molar refractivity (Wildman–Crippen MR) is 129 cm³/mol. The van der Waals surface area contributed by atoms with Gasteiger partial charge in [-0.2, -0.15) is 0 Å². The molecule has 0 spiro atoms. The fraction of sp³-hybridized carbons (Fsp3) is 0.240. The first kappa shape index (κ1) is 22.1. The Kier molecular flexibility index (Phi) is 6.35. The van der Waals surface area contributed by atoms with E-state index in [4.69, 9.17) is 4.74 Å². The SMILES string of the molecule is COc1ccc2nc3ccc(F)cc3c(Nc3ccc(O)c(CN4CCCC4)c3)c2c1.Cl. The Labute approximate surface area is 192 Å². The smallest absolute Gasteiger partial charge is 0.124 e. The van der Waals surface area contributed by atoms with Gasteiger partial charge in [0.15, 0.2) is 0 Å². The van der Waals surface area contributed by atoms with Gasteiger partial charge in [0.25, 0.3) is 0 Å². The van der Waals surface area contributed by atoms with Crippen molar-refractivity contribution in [1.29, 1.82) is 0 Å². The molecular formula is C25H25ClFN3O2. The molecule has 2 N–H and O–H groups in total. The van der Waals surface area contributed by atoms with Gasteiger partial charge < -0.3 is 15.2 Å². The van der Waals surface area contributed by atoms with Crippen LogP contribution in [0.4, 0.5) is 15.8 Å². The summed E-state index contributed by atoms with van der Waals surface area (Å²) >= 11 is 0. The molecule has 1 saturated heterocycles. The fourth-order valence-corrected chi connectivity index (χ4v) is 4.27. The second kappa shape index (κ2) is 9.18. The summed E-state index contributed by atoms with van der Waals surface area (Å²) in [5, 5.41) is 15.4. The summed E-state index contributed by atoms with van der Waals surface area (Å²) in [6.45, 7) is 2.81. The van der Waals surface area contributed by atoms with Crippen LogP contribution < -0.4 is 10.1 Å². The molecule has 0 atom stereocenters. The number of hydrogen-bond donors (Lipinski definition) is 2. The van der Waals surface area contributed by atoms with E-state index in [9.17, 15) is 9.50 Å². The molecule has 0 bridgehead atoms. The maximum absolute atomic E-state index is 14.1. The van der Waals surface area contributed by atoms with Gasteiger partial charge in [-0.05, 0) is 80.5 Å². The van der Waals surface area contributed by atoms with Crippen molar-refractivity contribution in [3.63, 3.8) is 0 Å². The lowest BCUT2D eigenvalue weighted by atomic mass is 10.1. The zero-order valence-electron chi connectivity index (χ0n) is 17.8. The first-order valence-electron chi connectivity index (χ1n) is 10.5. The third kappa shape index (κ3) is 4.29. The van der Waals surface area contributed by atoms with E-state index < -0.39 is 0 Å². The number of methoxy groups -OCH3 is 1. The van der Waals surface area contributed by atoms with Crippen molar-refractivity contribution in [2.24, 2.45) is 0 Å². The largest absolute Gasteiger partial charge is 0.508 e. The number of nitrogens with zero attached hydrogens (tertiary/aromatic N) is 2. The minimum absolute atomic E-state index is 0. The van der Waals surface area contributed by atoms with E-state index in [1.165, 1.54) is 25.0 Å². The number of rotatable bonds is 5. The lowest BCUT2D eigenvalue weighted by Crippen LogP contribution is -2.18. The number of anilines is 2. The van der Waals surface area contributed by atoms with Crippen LogP contribution in [0.25, 0.3) is 21.8 Å². The van der Waals surface area contributed by atoms with E-state index in [0.717, 1.165) is 40.9 Å². The van der Waals surface area contributed by atoms with E-state index in [-0.39, 0.29) is 24.0 Å². The second-order valence-electron chi connectivity index (χ2n) is 7.98. The van der Waals surface area contributed by atoms with E-state index in [1.807, 2.05) is 30.3 Å². The van der Waals surface area contributed by atoms with Gasteiger partial charge in [-0.1, -0.05) is 0 Å². The molecule has 166 valence electrons. The number of nitrogens with one attached hydrogen (secondary N) is 1. The van der Waals surface area contributed by atoms with Gasteiger partial charge in [-0.3, -0.25) is 4.90 Å². The van der Waals surface area contributed by atoms with Crippen molar-refractivity contribution in [1.82, 2.24) is 9.88 Å². The summed E-state index contributed by atoms with van der Waals surface area (Å²) < 4.78 is 19.5. The minimum Gasteiger partial charge on any atom is -0.508 e. The van der Waals surface area contributed by atoms with Crippen LogP contribution in [0.3, 0.4) is 0 Å². The Hall–Kier alpha value is -3.09. The highest BCUT2D eigenvalue weighted by atomic mass is 35.5. The van der Waals surface area contributed by atoms with E-state index >= 15 is 0 Å². The monoisotopic (exact) mass is 453 g/mol. The van der Waals surface area contributed by atoms with Crippen LogP contribution in [0.15, 0.2) is 54.6 Å². The highest BCUT2D eigenvalue weighted by Crippen LogP contribution is 2.36. The number of benzene rings is 3. The van der Waals surface area contributed by atoms with Crippen molar-refractivity contribution >= 4 is 45.6 Å². The zero-order valence-corrected chi connectivity index (χ0v) is 18.6. The Bertz CT molecular complexity index is 1280. The minimum atomic E-state index is -0.319. The van der Waals surface area contributed by atoms with Gasteiger partial charge in [0.05, 0.1) is 23.8 Å². The highest BCUT2D eigenvalue weighted by molar-refractivity contribution is 6.09. The fourth-order valence-electron chi connectivity index (χ4n) is 4.27. The van der Waals surface area contributed by atoms with Crippen molar-refractivity contribution in [3.8, 4) is 11.5 Å². The topological polar surface area (TPSA) is 57.6 Å². The second-order valence-corrected chi connectivity index (χ2v) is 7.98. The normalized spacial score (nSPS) is 13.9. The molecule has 4 aromatic rings. The Morgan fingerprint density at radius 3 is 2.47 bits per heavy atom. The van der Waals surface area contributed by atoms with Crippen LogP contribution in [0, 0.1) is 5.82 Å². The first-order valence-corrected chi connectivity index (χ1v) is 10.5. The maximum Gasteiger partial charge on any atom is 0.124 e. The van der Waals surface area contributed by atoms with Crippen molar-refractivity contribution in [3.05, 3.63) is 66.0 Å². The molecule has 0 unspecified atom stereocenters. The molecule has 1 aliphatic heterocycles. The summed E-state index contributed by atoms with van der Waals surface area (Å²) in [4.78, 5) is 7.03. The Morgan fingerprint density at radius 2 is 1.72 bits per heavy atom. The molecule has 7 heteroatoms. The molecule has 3 aromatic carbocycles. The molecule has 32 heavy (non-hydrogen) atoms. The number of halogens is 2. The number of phenols is 1. The number of likely N-dealkylation sites (tertiary alicyclic amines) is 1. The first-order chi connectivity index (χ1) is 15.1. The van der Waals surface area contributed by atoms with Gasteiger partial charge in [-0.15, -0.1) is 12.4 Å². The van der Waals surface area contributed by atoms with Crippen molar-refractivity contribution in [2.75, 3.05) is 25.5 Å². The van der Waals surface area contributed by atoms with Crippen LogP contribution in [-0.4, -0.2) is 35.2 Å². The molecule has 5 nitrogen and oxygen atoms in total. The standard InChI is InChI=1S/C25H24FN3O2.ClH/c1-31-19-6-8-23-21(14-19)25(20-13-17(26)4-7-22(20)28-23)27-18-5-9-24(30)16(12-18)15-29-10-2-3-11-29;/h4-9,12-14,30H,2-3,10-11,15H2,1H3,(H,27,28);1H. The lowest BCUT2D eigenvalue weighted by Gasteiger charge is -2.18. The molecule has 0 amide bonds. The molecule has 2 heterocycles. The van der Waals surface area contributed by atoms with E-state index in [1.54, 1.807) is 19.2 Å². The van der Waals surface area contributed by atoms with Crippen LogP contribution in [0.1, 0.15) is 18.4 Å². The summed E-state index contributed by atoms with van der Waals surface area (Å²) in [6.07, 6.45) is 2.39. The number of fused-ring (bicyclic) bond motifs is 2. The molecular weight excluding hydrogens is 429 g/mol. The summed E-state index contributed by atoms with van der Waals surface area (Å²) in [7, 11) is 1.62. The predicted octanol–water partition coefficient (Wildman–Crippen LogP) is 6.00. The molecule has 1 aliphatic rings. The highest BCUT2D eigenvalue weighted by Gasteiger charge is 2.16. The number of hydrogen-bond acceptors (Lipinski definition) is 5. The third-order valence-electron chi connectivity index (χ3n) is 5.88. The molecule has 0 aliphatic carbocycles. The average molecular weight is 454 g/mol. The third-order valence-corrected chi connectivity index (χ3v) is 5.88. The Balaban J connectivity index is 0.00000245. The van der Waals surface area contributed by atoms with Crippen LogP contribution in [0.2, 0.25) is 0 Å². The van der Waals surface area contributed by atoms with E-state index in [0.29, 0.717) is 23.2 Å². The average Bonchev–Trinajstić information content (AvgIpc) is 3.29. The van der Waals surface area contributed by atoms with Gasteiger partial charge >= 0.3 is 0 Å². The van der Waals surface area contributed by atoms with Gasteiger partial charge in [-0.25, -0.2) is 9.37 Å². The number of aromatic hydroxyl groups is 1. The zero-order chi connectivity index (χ0) is 21.4. The maximum atomic E-state index is 14.1. The van der Waals surface area contributed by atoms with Crippen molar-refractivity contribution in [2.45, 2.75) is 19.4 Å². The quantitative estimate of drug-likeness (QED) is 0.286. The van der Waals surface area contributed by atoms with Crippen LogP contribution in [-0.2, 0) is 6.54 Å². The number of ether oxygens (including phenoxy) is 1. The van der Waals surface area contributed by atoms with E-state index in [2.05, 4.69) is 15.2 Å². The number of phenolic OH excluding ortho intramolecular Hbond substituents is 1. The number of pyridine rings is 1.